The van der Waals surface area contributed by atoms with Crippen LogP contribution in [0.25, 0.3) is 5.65 Å². The first-order valence-electron chi connectivity index (χ1n) is 9.69. The number of carbonyl (C=O) groups is 1. The standard InChI is InChI=1S/C20H23N5O3S/c1-2-13-29(27,28)23-16-8-5-7-15(14-16)20(26)24-12-6-9-17(24)19-22-21-18-10-3-4-11-25(18)19/h3-5,7-8,10-11,14,17,23H,2,6,9,12-13H2,1H3/t17-/m1/s1. The van der Waals surface area contributed by atoms with Crippen LogP contribution in [-0.2, 0) is 10.0 Å². The summed E-state index contributed by atoms with van der Waals surface area (Å²) in [5.74, 6) is 0.641. The second kappa shape index (κ2) is 7.82. The Morgan fingerprint density at radius 2 is 2.07 bits per heavy atom. The molecular formula is C20H23N5O3S. The molecule has 9 heteroatoms. The summed E-state index contributed by atoms with van der Waals surface area (Å²) in [6.45, 7) is 2.43. The maximum atomic E-state index is 13.2. The minimum absolute atomic E-state index is 0.0410. The first-order valence-corrected chi connectivity index (χ1v) is 11.3. The average molecular weight is 414 g/mol. The van der Waals surface area contributed by atoms with Crippen molar-refractivity contribution >= 4 is 27.3 Å². The summed E-state index contributed by atoms with van der Waals surface area (Å²) in [6, 6.07) is 12.2. The zero-order chi connectivity index (χ0) is 20.4. The van der Waals surface area contributed by atoms with E-state index in [9.17, 15) is 13.2 Å². The Labute approximate surface area is 169 Å². The molecule has 1 aromatic carbocycles. The molecule has 0 bridgehead atoms. The number of rotatable bonds is 6. The van der Waals surface area contributed by atoms with Gasteiger partial charge < -0.3 is 4.90 Å². The Balaban J connectivity index is 1.60. The highest BCUT2D eigenvalue weighted by Gasteiger charge is 2.33. The zero-order valence-corrected chi connectivity index (χ0v) is 17.0. The molecule has 1 saturated heterocycles. The molecule has 152 valence electrons. The second-order valence-corrected chi connectivity index (χ2v) is 8.99. The quantitative estimate of drug-likeness (QED) is 0.670. The second-order valence-electron chi connectivity index (χ2n) is 7.15. The Kier molecular flexibility index (Phi) is 5.23. The highest BCUT2D eigenvalue weighted by Crippen LogP contribution is 2.32. The van der Waals surface area contributed by atoms with Gasteiger partial charge in [0.05, 0.1) is 11.8 Å². The van der Waals surface area contributed by atoms with E-state index in [-0.39, 0.29) is 17.7 Å². The lowest BCUT2D eigenvalue weighted by Gasteiger charge is -2.24. The molecule has 0 spiro atoms. The van der Waals surface area contributed by atoms with Crippen molar-refractivity contribution in [2.75, 3.05) is 17.0 Å². The minimum Gasteiger partial charge on any atom is -0.328 e. The Morgan fingerprint density at radius 1 is 1.21 bits per heavy atom. The van der Waals surface area contributed by atoms with Crippen molar-refractivity contribution in [2.24, 2.45) is 0 Å². The third-order valence-corrected chi connectivity index (χ3v) is 6.50. The number of likely N-dealkylation sites (tertiary alicyclic amines) is 1. The Hall–Kier alpha value is -2.94. The fourth-order valence-electron chi connectivity index (χ4n) is 3.75. The number of sulfonamides is 1. The third kappa shape index (κ3) is 3.95. The van der Waals surface area contributed by atoms with Gasteiger partial charge in [0.1, 0.15) is 0 Å². The Morgan fingerprint density at radius 3 is 2.90 bits per heavy atom. The van der Waals surface area contributed by atoms with Crippen LogP contribution in [0.15, 0.2) is 48.7 Å². The fraction of sp³-hybridized carbons (Fsp3) is 0.350. The molecule has 29 heavy (non-hydrogen) atoms. The first-order chi connectivity index (χ1) is 14.0. The number of aromatic nitrogens is 3. The predicted octanol–water partition coefficient (Wildman–Crippen LogP) is 2.86. The van der Waals surface area contributed by atoms with Crippen molar-refractivity contribution in [3.8, 4) is 0 Å². The molecule has 1 fully saturated rings. The average Bonchev–Trinajstić information content (AvgIpc) is 3.33. The lowest BCUT2D eigenvalue weighted by Crippen LogP contribution is -2.31. The summed E-state index contributed by atoms with van der Waals surface area (Å²) in [7, 11) is -3.41. The molecule has 1 atom stereocenters. The summed E-state index contributed by atoms with van der Waals surface area (Å²) < 4.78 is 28.5. The number of carbonyl (C=O) groups excluding carboxylic acids is 1. The van der Waals surface area contributed by atoms with Gasteiger partial charge in [-0.15, -0.1) is 10.2 Å². The topological polar surface area (TPSA) is 96.7 Å². The number of nitrogens with zero attached hydrogens (tertiary/aromatic N) is 4. The summed E-state index contributed by atoms with van der Waals surface area (Å²) in [5.41, 5.74) is 1.59. The molecule has 1 aliphatic rings. The monoisotopic (exact) mass is 413 g/mol. The molecule has 3 heterocycles. The molecular weight excluding hydrogens is 390 g/mol. The van der Waals surface area contributed by atoms with E-state index in [4.69, 9.17) is 0 Å². The van der Waals surface area contributed by atoms with Crippen molar-refractivity contribution in [3.63, 3.8) is 0 Å². The normalized spacial score (nSPS) is 17.0. The van der Waals surface area contributed by atoms with Gasteiger partial charge in [-0.1, -0.05) is 19.1 Å². The van der Waals surface area contributed by atoms with Crippen molar-refractivity contribution in [3.05, 3.63) is 60.0 Å². The number of nitrogens with one attached hydrogen (secondary N) is 1. The molecule has 0 radical (unpaired) electrons. The number of anilines is 1. The van der Waals surface area contributed by atoms with Crippen LogP contribution in [0.1, 0.15) is 48.4 Å². The van der Waals surface area contributed by atoms with Crippen LogP contribution >= 0.6 is 0 Å². The van der Waals surface area contributed by atoms with Gasteiger partial charge in [0.2, 0.25) is 10.0 Å². The van der Waals surface area contributed by atoms with E-state index in [1.165, 1.54) is 0 Å². The maximum absolute atomic E-state index is 13.2. The number of benzene rings is 1. The molecule has 2 aromatic heterocycles. The van der Waals surface area contributed by atoms with Gasteiger partial charge in [-0.05, 0) is 49.6 Å². The van der Waals surface area contributed by atoms with Crippen molar-refractivity contribution in [1.82, 2.24) is 19.5 Å². The molecule has 3 aromatic rings. The van der Waals surface area contributed by atoms with E-state index < -0.39 is 10.0 Å². The molecule has 0 unspecified atom stereocenters. The minimum atomic E-state index is -3.41. The van der Waals surface area contributed by atoms with Crippen LogP contribution in [0, 0.1) is 0 Å². The van der Waals surface area contributed by atoms with E-state index >= 15 is 0 Å². The number of hydrogen-bond donors (Lipinski definition) is 1. The number of fused-ring (bicyclic) bond motifs is 1. The van der Waals surface area contributed by atoms with Gasteiger partial charge in [0, 0.05) is 24.0 Å². The van der Waals surface area contributed by atoms with Gasteiger partial charge in [0.15, 0.2) is 11.5 Å². The smallest absolute Gasteiger partial charge is 0.254 e. The van der Waals surface area contributed by atoms with E-state index in [2.05, 4.69) is 14.9 Å². The van der Waals surface area contributed by atoms with Crippen molar-refractivity contribution in [1.29, 1.82) is 0 Å². The van der Waals surface area contributed by atoms with Crippen LogP contribution in [0.5, 0.6) is 0 Å². The van der Waals surface area contributed by atoms with Gasteiger partial charge in [-0.2, -0.15) is 0 Å². The molecule has 0 aliphatic carbocycles. The van der Waals surface area contributed by atoms with Crippen LogP contribution in [-0.4, -0.2) is 46.1 Å². The molecule has 4 rings (SSSR count). The predicted molar refractivity (Wildman–Crippen MR) is 110 cm³/mol. The van der Waals surface area contributed by atoms with Crippen LogP contribution in [0.4, 0.5) is 5.69 Å². The van der Waals surface area contributed by atoms with Crippen LogP contribution in [0.3, 0.4) is 0 Å². The number of amides is 1. The van der Waals surface area contributed by atoms with Crippen LogP contribution in [0.2, 0.25) is 0 Å². The molecule has 0 saturated carbocycles. The largest absolute Gasteiger partial charge is 0.328 e. The lowest BCUT2D eigenvalue weighted by molar-refractivity contribution is 0.0729. The number of pyridine rings is 1. The molecule has 1 amide bonds. The highest BCUT2D eigenvalue weighted by molar-refractivity contribution is 7.92. The van der Waals surface area contributed by atoms with Gasteiger partial charge in [-0.25, -0.2) is 8.42 Å². The van der Waals surface area contributed by atoms with Crippen molar-refractivity contribution < 1.29 is 13.2 Å². The molecule has 1 aliphatic heterocycles. The van der Waals surface area contributed by atoms with Crippen molar-refractivity contribution in [2.45, 2.75) is 32.2 Å². The molecule has 8 nitrogen and oxygen atoms in total. The van der Waals surface area contributed by atoms with Gasteiger partial charge in [-0.3, -0.25) is 13.9 Å². The number of hydrogen-bond acceptors (Lipinski definition) is 5. The first kappa shape index (κ1) is 19.4. The van der Waals surface area contributed by atoms with E-state index in [1.807, 2.05) is 28.8 Å². The third-order valence-electron chi connectivity index (χ3n) is 5.01. The SMILES string of the molecule is CCCS(=O)(=O)Nc1cccc(C(=O)N2CCC[C@@H]2c2nnc3ccccn23)c1. The summed E-state index contributed by atoms with van der Waals surface area (Å²) >= 11 is 0. The molecule has 1 N–H and O–H groups in total. The van der Waals surface area contributed by atoms with Gasteiger partial charge in [0.25, 0.3) is 5.91 Å². The maximum Gasteiger partial charge on any atom is 0.254 e. The summed E-state index contributed by atoms with van der Waals surface area (Å²) in [6.07, 6.45) is 4.11. The summed E-state index contributed by atoms with van der Waals surface area (Å²) in [4.78, 5) is 15.0. The highest BCUT2D eigenvalue weighted by atomic mass is 32.2. The Bertz CT molecular complexity index is 1140. The summed E-state index contributed by atoms with van der Waals surface area (Å²) in [5, 5.41) is 8.52. The fourth-order valence-corrected chi connectivity index (χ4v) is 4.87. The van der Waals surface area contributed by atoms with E-state index in [1.54, 1.807) is 36.1 Å². The lowest BCUT2D eigenvalue weighted by atomic mass is 10.1. The zero-order valence-electron chi connectivity index (χ0n) is 16.2. The van der Waals surface area contributed by atoms with Crippen LogP contribution < -0.4 is 4.72 Å². The van der Waals surface area contributed by atoms with E-state index in [0.717, 1.165) is 24.3 Å². The van der Waals surface area contributed by atoms with Gasteiger partial charge >= 0.3 is 0 Å². The van der Waals surface area contributed by atoms with E-state index in [0.29, 0.717) is 24.2 Å².